The molecule has 4 rings (SSSR count). The summed E-state index contributed by atoms with van der Waals surface area (Å²) in [6.07, 6.45) is 2.53. The Morgan fingerprint density at radius 1 is 1.06 bits per heavy atom. The summed E-state index contributed by atoms with van der Waals surface area (Å²) in [6.45, 7) is 3.66. The first-order valence-electron chi connectivity index (χ1n) is 10.0. The second kappa shape index (κ2) is 8.16. The van der Waals surface area contributed by atoms with E-state index in [4.69, 9.17) is 4.42 Å². The Morgan fingerprint density at radius 3 is 2.47 bits per heavy atom. The summed E-state index contributed by atoms with van der Waals surface area (Å²) in [5.41, 5.74) is 2.93. The molecule has 0 bridgehead atoms. The van der Waals surface area contributed by atoms with Crippen LogP contribution >= 0.6 is 0 Å². The van der Waals surface area contributed by atoms with Crippen molar-refractivity contribution >= 4 is 38.9 Å². The number of sulfonamides is 1. The third kappa shape index (κ3) is 4.11. The SMILES string of the molecule is CC(=O)N1c2ccc(-c3ccccc3NS(C)(=O)=O)cc2N(C(=O)c2ccco2)CC1C. The Bertz CT molecular complexity index is 1280. The molecule has 0 spiro atoms. The molecule has 1 aliphatic rings. The van der Waals surface area contributed by atoms with E-state index in [2.05, 4.69) is 4.72 Å². The smallest absolute Gasteiger partial charge is 0.294 e. The Labute approximate surface area is 186 Å². The lowest BCUT2D eigenvalue weighted by atomic mass is 9.99. The highest BCUT2D eigenvalue weighted by Crippen LogP contribution is 2.41. The van der Waals surface area contributed by atoms with Crippen molar-refractivity contribution in [2.45, 2.75) is 19.9 Å². The van der Waals surface area contributed by atoms with Crippen LogP contribution in [0, 0.1) is 0 Å². The summed E-state index contributed by atoms with van der Waals surface area (Å²) in [5.74, 6) is -0.245. The van der Waals surface area contributed by atoms with Crippen LogP contribution in [0.15, 0.2) is 65.3 Å². The quantitative estimate of drug-likeness (QED) is 0.649. The monoisotopic (exact) mass is 453 g/mol. The van der Waals surface area contributed by atoms with Crippen LogP contribution in [0.5, 0.6) is 0 Å². The van der Waals surface area contributed by atoms with Gasteiger partial charge in [0, 0.05) is 19.0 Å². The molecule has 2 aromatic carbocycles. The van der Waals surface area contributed by atoms with Crippen molar-refractivity contribution in [1.29, 1.82) is 0 Å². The molecular formula is C23H23N3O5S. The first kappa shape index (κ1) is 21.6. The maximum atomic E-state index is 13.2. The fourth-order valence-electron chi connectivity index (χ4n) is 4.02. The van der Waals surface area contributed by atoms with Gasteiger partial charge in [-0.25, -0.2) is 8.42 Å². The van der Waals surface area contributed by atoms with Crippen molar-refractivity contribution in [2.75, 3.05) is 27.3 Å². The van der Waals surface area contributed by atoms with Gasteiger partial charge in [0.25, 0.3) is 5.91 Å². The van der Waals surface area contributed by atoms with Gasteiger partial charge in [0.2, 0.25) is 15.9 Å². The number of nitrogens with one attached hydrogen (secondary N) is 1. The van der Waals surface area contributed by atoms with E-state index < -0.39 is 10.0 Å². The van der Waals surface area contributed by atoms with E-state index in [1.807, 2.05) is 13.0 Å². The van der Waals surface area contributed by atoms with Gasteiger partial charge in [-0.3, -0.25) is 14.3 Å². The molecule has 32 heavy (non-hydrogen) atoms. The zero-order valence-electron chi connectivity index (χ0n) is 17.9. The number of rotatable bonds is 4. The first-order chi connectivity index (χ1) is 15.2. The molecule has 1 aliphatic heterocycles. The summed E-state index contributed by atoms with van der Waals surface area (Å²) in [6, 6.07) is 15.4. The molecule has 1 atom stereocenters. The highest BCUT2D eigenvalue weighted by Gasteiger charge is 2.35. The molecule has 1 unspecified atom stereocenters. The number of nitrogens with zero attached hydrogens (tertiary/aromatic N) is 2. The molecular weight excluding hydrogens is 430 g/mol. The number of amides is 2. The number of carbonyl (C=O) groups is 2. The Kier molecular flexibility index (Phi) is 5.52. The topological polar surface area (TPSA) is 99.9 Å². The summed E-state index contributed by atoms with van der Waals surface area (Å²) in [7, 11) is -3.49. The van der Waals surface area contributed by atoms with Crippen molar-refractivity contribution in [3.63, 3.8) is 0 Å². The van der Waals surface area contributed by atoms with Gasteiger partial charge in [0.1, 0.15) is 0 Å². The van der Waals surface area contributed by atoms with Crippen LogP contribution in [0.1, 0.15) is 24.4 Å². The third-order valence-electron chi connectivity index (χ3n) is 5.26. The molecule has 2 heterocycles. The van der Waals surface area contributed by atoms with Gasteiger partial charge < -0.3 is 14.2 Å². The number of anilines is 3. The van der Waals surface area contributed by atoms with Crippen molar-refractivity contribution in [1.82, 2.24) is 0 Å². The number of hydrogen-bond acceptors (Lipinski definition) is 5. The van der Waals surface area contributed by atoms with Crippen LogP contribution in [0.3, 0.4) is 0 Å². The van der Waals surface area contributed by atoms with E-state index in [0.717, 1.165) is 6.26 Å². The molecule has 3 aromatic rings. The van der Waals surface area contributed by atoms with Crippen molar-refractivity contribution in [3.05, 3.63) is 66.6 Å². The Hall–Kier alpha value is -3.59. The number of furan rings is 1. The van der Waals surface area contributed by atoms with Gasteiger partial charge in [0.05, 0.1) is 35.6 Å². The number of carbonyl (C=O) groups excluding carboxylic acids is 2. The van der Waals surface area contributed by atoms with Gasteiger partial charge in [-0.2, -0.15) is 0 Å². The van der Waals surface area contributed by atoms with E-state index in [-0.39, 0.29) is 23.6 Å². The van der Waals surface area contributed by atoms with Gasteiger partial charge in [-0.1, -0.05) is 24.3 Å². The summed E-state index contributed by atoms with van der Waals surface area (Å²) >= 11 is 0. The van der Waals surface area contributed by atoms with Crippen LogP contribution in [0.2, 0.25) is 0 Å². The lowest BCUT2D eigenvalue weighted by Crippen LogP contribution is -2.51. The van der Waals surface area contributed by atoms with E-state index in [1.54, 1.807) is 58.3 Å². The average molecular weight is 454 g/mol. The number of fused-ring (bicyclic) bond motifs is 1. The van der Waals surface area contributed by atoms with Gasteiger partial charge in [-0.15, -0.1) is 0 Å². The van der Waals surface area contributed by atoms with E-state index in [9.17, 15) is 18.0 Å². The zero-order chi connectivity index (χ0) is 23.0. The summed E-state index contributed by atoms with van der Waals surface area (Å²) in [4.78, 5) is 28.8. The van der Waals surface area contributed by atoms with Crippen LogP contribution in [-0.4, -0.2) is 39.1 Å². The van der Waals surface area contributed by atoms with E-state index in [0.29, 0.717) is 34.7 Å². The fourth-order valence-corrected chi connectivity index (χ4v) is 4.60. The first-order valence-corrected chi connectivity index (χ1v) is 11.9. The molecule has 0 aliphatic carbocycles. The number of benzene rings is 2. The minimum atomic E-state index is -3.49. The highest BCUT2D eigenvalue weighted by molar-refractivity contribution is 7.92. The Balaban J connectivity index is 1.86. The standard InChI is InChI=1S/C23H23N3O5S/c1-15-14-25(23(28)22-9-6-12-31-22)21-13-17(10-11-20(21)26(15)16(2)27)18-7-4-5-8-19(18)24-32(3,29)30/h4-13,15,24H,14H2,1-3H3. The van der Waals surface area contributed by atoms with Crippen molar-refractivity contribution < 1.29 is 22.4 Å². The number of para-hydroxylation sites is 1. The molecule has 0 radical (unpaired) electrons. The normalized spacial score (nSPS) is 15.9. The van der Waals surface area contributed by atoms with Crippen molar-refractivity contribution in [2.24, 2.45) is 0 Å². The molecule has 9 heteroatoms. The largest absolute Gasteiger partial charge is 0.459 e. The Morgan fingerprint density at radius 2 is 1.81 bits per heavy atom. The van der Waals surface area contributed by atoms with Gasteiger partial charge in [-0.05, 0) is 42.8 Å². The molecule has 1 N–H and O–H groups in total. The third-order valence-corrected chi connectivity index (χ3v) is 5.85. The molecule has 166 valence electrons. The lowest BCUT2D eigenvalue weighted by Gasteiger charge is -2.40. The fraction of sp³-hybridized carbons (Fsp3) is 0.217. The van der Waals surface area contributed by atoms with E-state index >= 15 is 0 Å². The molecule has 0 saturated heterocycles. The van der Waals surface area contributed by atoms with Crippen LogP contribution in [0.4, 0.5) is 17.1 Å². The number of hydrogen-bond donors (Lipinski definition) is 1. The van der Waals surface area contributed by atoms with Crippen LogP contribution in [0.25, 0.3) is 11.1 Å². The molecule has 8 nitrogen and oxygen atoms in total. The molecule has 2 amide bonds. The van der Waals surface area contributed by atoms with Crippen LogP contribution < -0.4 is 14.5 Å². The van der Waals surface area contributed by atoms with E-state index in [1.165, 1.54) is 13.2 Å². The van der Waals surface area contributed by atoms with Gasteiger partial charge in [0.15, 0.2) is 5.76 Å². The highest BCUT2D eigenvalue weighted by atomic mass is 32.2. The lowest BCUT2D eigenvalue weighted by molar-refractivity contribution is -0.117. The minimum absolute atomic E-state index is 0.129. The summed E-state index contributed by atoms with van der Waals surface area (Å²) in [5, 5.41) is 0. The predicted octanol–water partition coefficient (Wildman–Crippen LogP) is 3.72. The van der Waals surface area contributed by atoms with Crippen molar-refractivity contribution in [3.8, 4) is 11.1 Å². The van der Waals surface area contributed by atoms with Crippen LogP contribution in [-0.2, 0) is 14.8 Å². The molecule has 1 aromatic heterocycles. The summed E-state index contributed by atoms with van der Waals surface area (Å²) < 4.78 is 31.5. The maximum absolute atomic E-state index is 13.2. The molecule has 0 fully saturated rings. The van der Waals surface area contributed by atoms with Gasteiger partial charge >= 0.3 is 0 Å². The maximum Gasteiger partial charge on any atom is 0.294 e. The minimum Gasteiger partial charge on any atom is -0.459 e. The second-order valence-electron chi connectivity index (χ2n) is 7.75. The second-order valence-corrected chi connectivity index (χ2v) is 9.50. The zero-order valence-corrected chi connectivity index (χ0v) is 18.7. The average Bonchev–Trinajstić information content (AvgIpc) is 3.26. The molecule has 0 saturated carbocycles. The predicted molar refractivity (Wildman–Crippen MR) is 123 cm³/mol.